The summed E-state index contributed by atoms with van der Waals surface area (Å²) in [6.07, 6.45) is 2.36. The van der Waals surface area contributed by atoms with Gasteiger partial charge >= 0.3 is 5.97 Å². The maximum Gasteiger partial charge on any atom is 0.335 e. The van der Waals surface area contributed by atoms with Crippen LogP contribution in [-0.4, -0.2) is 48.6 Å². The smallest absolute Gasteiger partial charge is 0.335 e. The average molecular weight is 381 g/mol. The van der Waals surface area contributed by atoms with Crippen LogP contribution in [0.25, 0.3) is 0 Å². The summed E-state index contributed by atoms with van der Waals surface area (Å²) < 4.78 is 32.8. The Morgan fingerprint density at radius 2 is 1.88 bits per heavy atom. The Balaban J connectivity index is 2.31. The van der Waals surface area contributed by atoms with E-state index in [1.165, 1.54) is 4.31 Å². The van der Waals surface area contributed by atoms with Gasteiger partial charge in [-0.05, 0) is 52.7 Å². The largest absolute Gasteiger partial charge is 0.457 e. The highest BCUT2D eigenvalue weighted by atomic mass is 32.2. The molecule has 0 bridgehead atoms. The Kier molecular flexibility index (Phi) is 6.26. The lowest BCUT2D eigenvalue weighted by molar-refractivity contribution is -0.150. The number of benzene rings is 1. The second-order valence-electron chi connectivity index (χ2n) is 7.43. The summed E-state index contributed by atoms with van der Waals surface area (Å²) in [6, 6.07) is 5.99. The van der Waals surface area contributed by atoms with Gasteiger partial charge in [0.1, 0.15) is 5.60 Å². The molecule has 0 amide bonds. The lowest BCUT2D eigenvalue weighted by Crippen LogP contribution is -2.39. The molecule has 0 aromatic heterocycles. The van der Waals surface area contributed by atoms with Crippen molar-refractivity contribution in [3.63, 3.8) is 0 Å². The highest BCUT2D eigenvalue weighted by Crippen LogP contribution is 2.31. The van der Waals surface area contributed by atoms with Gasteiger partial charge in [0.05, 0.1) is 16.5 Å². The van der Waals surface area contributed by atoms with Crippen LogP contribution in [0.15, 0.2) is 40.8 Å². The zero-order chi connectivity index (χ0) is 19.5. The Morgan fingerprint density at radius 3 is 2.42 bits per heavy atom. The van der Waals surface area contributed by atoms with Crippen LogP contribution in [0, 0.1) is 6.92 Å². The fourth-order valence-corrected chi connectivity index (χ4v) is 4.43. The maximum atomic E-state index is 13.1. The van der Waals surface area contributed by atoms with Crippen LogP contribution in [-0.2, 0) is 19.6 Å². The number of carbonyl (C=O) groups is 1. The molecule has 1 N–H and O–H groups in total. The van der Waals surface area contributed by atoms with Crippen LogP contribution in [0.1, 0.15) is 39.2 Å². The number of hydrogen-bond acceptors (Lipinski definition) is 5. The van der Waals surface area contributed by atoms with Crippen molar-refractivity contribution < 1.29 is 23.1 Å². The number of hydrogen-bond donors (Lipinski definition) is 1. The van der Waals surface area contributed by atoms with Gasteiger partial charge in [-0.2, -0.15) is 4.31 Å². The number of aliphatic hydroxyl groups is 1. The van der Waals surface area contributed by atoms with Crippen molar-refractivity contribution in [2.75, 3.05) is 13.2 Å². The summed E-state index contributed by atoms with van der Waals surface area (Å²) in [5, 5.41) is 9.17. The van der Waals surface area contributed by atoms with Crippen molar-refractivity contribution >= 4 is 16.0 Å². The van der Waals surface area contributed by atoms with Gasteiger partial charge in [0.15, 0.2) is 0 Å². The van der Waals surface area contributed by atoms with Crippen molar-refractivity contribution in [3.05, 3.63) is 41.5 Å². The summed E-state index contributed by atoms with van der Waals surface area (Å²) in [5.74, 6) is -0.512. The number of ether oxygens (including phenoxy) is 1. The van der Waals surface area contributed by atoms with Crippen LogP contribution in [0.4, 0.5) is 0 Å². The quantitative estimate of drug-likeness (QED) is 0.765. The first-order valence-electron chi connectivity index (χ1n) is 8.69. The second-order valence-corrected chi connectivity index (χ2v) is 9.32. The van der Waals surface area contributed by atoms with E-state index in [0.717, 1.165) is 5.56 Å². The summed E-state index contributed by atoms with van der Waals surface area (Å²) in [5.41, 5.74) is 0.640. The molecule has 0 unspecified atom stereocenters. The molecule has 1 aromatic rings. The second kappa shape index (κ2) is 7.90. The molecule has 144 valence electrons. The van der Waals surface area contributed by atoms with Gasteiger partial charge in [-0.3, -0.25) is 0 Å². The molecular weight excluding hydrogens is 354 g/mol. The number of aryl methyl sites for hydroxylation is 1. The predicted octanol–water partition coefficient (Wildman–Crippen LogP) is 2.41. The Hall–Kier alpha value is -1.70. The lowest BCUT2D eigenvalue weighted by Gasteiger charge is -2.27. The van der Waals surface area contributed by atoms with Gasteiger partial charge in [-0.15, -0.1) is 0 Å². The van der Waals surface area contributed by atoms with Crippen LogP contribution in [0.5, 0.6) is 0 Å². The minimum Gasteiger partial charge on any atom is -0.457 e. The van der Waals surface area contributed by atoms with E-state index < -0.39 is 27.6 Å². The lowest BCUT2D eigenvalue weighted by atomic mass is 10.0. The zero-order valence-electron chi connectivity index (χ0n) is 15.7. The standard InChI is InChI=1S/C19H27NO5S/c1-14-7-9-15(10-8-14)26(23,24)20-12-11-16(17(20)6-5-13-21)18(22)25-19(2,3)4/h7-11,17,21H,5-6,12-13H2,1-4H3/t17-/m0/s1. The number of nitrogens with zero attached hydrogens (tertiary/aromatic N) is 1. The van der Waals surface area contributed by atoms with E-state index in [9.17, 15) is 18.3 Å². The van der Waals surface area contributed by atoms with Gasteiger partial charge in [0.2, 0.25) is 10.0 Å². The van der Waals surface area contributed by atoms with Crippen molar-refractivity contribution in [1.82, 2.24) is 4.31 Å². The molecule has 26 heavy (non-hydrogen) atoms. The third-order valence-electron chi connectivity index (χ3n) is 4.10. The monoisotopic (exact) mass is 381 g/mol. The molecule has 0 fully saturated rings. The molecule has 1 aliphatic rings. The van der Waals surface area contributed by atoms with Crippen molar-refractivity contribution in [3.8, 4) is 0 Å². The molecule has 6 nitrogen and oxygen atoms in total. The van der Waals surface area contributed by atoms with Gasteiger partial charge in [0.25, 0.3) is 0 Å². The van der Waals surface area contributed by atoms with Crippen LogP contribution in [0.2, 0.25) is 0 Å². The van der Waals surface area contributed by atoms with Crippen LogP contribution < -0.4 is 0 Å². The third-order valence-corrected chi connectivity index (χ3v) is 5.98. The fourth-order valence-electron chi connectivity index (χ4n) is 2.86. The van der Waals surface area contributed by atoms with Crippen LogP contribution >= 0.6 is 0 Å². The first-order valence-corrected chi connectivity index (χ1v) is 10.1. The Bertz CT molecular complexity index is 775. The molecule has 7 heteroatoms. The van der Waals surface area contributed by atoms with E-state index in [-0.39, 0.29) is 18.0 Å². The predicted molar refractivity (Wildman–Crippen MR) is 99.1 cm³/mol. The molecule has 0 spiro atoms. The minimum atomic E-state index is -3.75. The fraction of sp³-hybridized carbons (Fsp3) is 0.526. The summed E-state index contributed by atoms with van der Waals surface area (Å²) >= 11 is 0. The molecular formula is C19H27NO5S. The van der Waals surface area contributed by atoms with Gasteiger partial charge in [-0.25, -0.2) is 13.2 Å². The highest BCUT2D eigenvalue weighted by Gasteiger charge is 2.40. The molecule has 1 aliphatic heterocycles. The molecule has 0 saturated carbocycles. The number of esters is 1. The molecule has 1 atom stereocenters. The van der Waals surface area contributed by atoms with Gasteiger partial charge < -0.3 is 9.84 Å². The van der Waals surface area contributed by atoms with E-state index >= 15 is 0 Å². The zero-order valence-corrected chi connectivity index (χ0v) is 16.5. The number of carbonyl (C=O) groups excluding carboxylic acids is 1. The number of rotatable bonds is 6. The molecule has 0 saturated heterocycles. The topological polar surface area (TPSA) is 83.9 Å². The Labute approximate surface area is 155 Å². The maximum absolute atomic E-state index is 13.1. The summed E-state index contributed by atoms with van der Waals surface area (Å²) in [6.45, 7) is 7.23. The molecule has 0 aliphatic carbocycles. The van der Waals surface area contributed by atoms with Gasteiger partial charge in [-0.1, -0.05) is 23.8 Å². The SMILES string of the molecule is Cc1ccc(S(=O)(=O)N2CC=C(C(=O)OC(C)(C)C)[C@@H]2CCCO)cc1. The number of sulfonamides is 1. The first-order chi connectivity index (χ1) is 12.1. The van der Waals surface area contributed by atoms with Crippen molar-refractivity contribution in [2.45, 2.75) is 57.1 Å². The number of aliphatic hydroxyl groups excluding tert-OH is 1. The van der Waals surface area contributed by atoms with E-state index in [1.54, 1.807) is 51.1 Å². The summed E-state index contributed by atoms with van der Waals surface area (Å²) in [7, 11) is -3.75. The van der Waals surface area contributed by atoms with E-state index in [0.29, 0.717) is 18.4 Å². The van der Waals surface area contributed by atoms with Gasteiger partial charge in [0, 0.05) is 13.2 Å². The minimum absolute atomic E-state index is 0.0729. The third kappa shape index (κ3) is 4.72. The molecule has 0 radical (unpaired) electrons. The highest BCUT2D eigenvalue weighted by molar-refractivity contribution is 7.89. The van der Waals surface area contributed by atoms with Crippen molar-refractivity contribution in [2.24, 2.45) is 0 Å². The molecule has 1 aromatic carbocycles. The van der Waals surface area contributed by atoms with E-state index in [4.69, 9.17) is 4.74 Å². The van der Waals surface area contributed by atoms with Crippen LogP contribution in [0.3, 0.4) is 0 Å². The summed E-state index contributed by atoms with van der Waals surface area (Å²) in [4.78, 5) is 12.7. The first kappa shape index (κ1) is 20.6. The molecule has 2 rings (SSSR count). The Morgan fingerprint density at radius 1 is 1.27 bits per heavy atom. The molecule has 1 heterocycles. The normalized spacial score (nSPS) is 18.7. The van der Waals surface area contributed by atoms with E-state index in [1.807, 2.05) is 6.92 Å². The average Bonchev–Trinajstić information content (AvgIpc) is 2.96. The van der Waals surface area contributed by atoms with E-state index in [2.05, 4.69) is 0 Å². The van der Waals surface area contributed by atoms with Crippen molar-refractivity contribution in [1.29, 1.82) is 0 Å².